The van der Waals surface area contributed by atoms with Crippen molar-refractivity contribution in [2.45, 2.75) is 11.4 Å². The number of aliphatic carboxylic acids is 1. The standard InChI is InChI=1S/C16H15NO6S/c18-15(19)11-17(10-12-4-2-1-3-5-12)24(22,23)14-8-6-13(7-9-14)16(20)21/h1-9H,10-11H2,(H,18,19)(H,20,21). The first-order valence-electron chi connectivity index (χ1n) is 6.90. The summed E-state index contributed by atoms with van der Waals surface area (Å²) < 4.78 is 26.2. The molecule has 126 valence electrons. The van der Waals surface area contributed by atoms with Gasteiger partial charge in [-0.25, -0.2) is 13.2 Å². The molecule has 2 aromatic rings. The number of nitrogens with zero attached hydrogens (tertiary/aromatic N) is 1. The molecule has 24 heavy (non-hydrogen) atoms. The molecule has 2 N–H and O–H groups in total. The summed E-state index contributed by atoms with van der Waals surface area (Å²) in [6.45, 7) is -0.798. The molecule has 0 saturated carbocycles. The molecule has 0 aromatic heterocycles. The predicted octanol–water partition coefficient (Wildman–Crippen LogP) is 1.66. The van der Waals surface area contributed by atoms with Crippen molar-refractivity contribution in [3.05, 3.63) is 65.7 Å². The van der Waals surface area contributed by atoms with Crippen LogP contribution in [0.3, 0.4) is 0 Å². The van der Waals surface area contributed by atoms with Crippen molar-refractivity contribution >= 4 is 22.0 Å². The highest BCUT2D eigenvalue weighted by molar-refractivity contribution is 7.89. The van der Waals surface area contributed by atoms with Crippen LogP contribution in [-0.4, -0.2) is 41.4 Å². The van der Waals surface area contributed by atoms with Gasteiger partial charge < -0.3 is 10.2 Å². The largest absolute Gasteiger partial charge is 0.480 e. The third kappa shape index (κ3) is 4.18. The van der Waals surface area contributed by atoms with Gasteiger partial charge in [-0.3, -0.25) is 4.79 Å². The van der Waals surface area contributed by atoms with E-state index in [0.717, 1.165) is 28.6 Å². The van der Waals surface area contributed by atoms with Crippen molar-refractivity contribution in [3.8, 4) is 0 Å². The van der Waals surface area contributed by atoms with Crippen LogP contribution in [0.15, 0.2) is 59.5 Å². The van der Waals surface area contributed by atoms with E-state index in [9.17, 15) is 18.0 Å². The first-order chi connectivity index (χ1) is 11.3. The molecule has 0 heterocycles. The van der Waals surface area contributed by atoms with Gasteiger partial charge in [-0.1, -0.05) is 30.3 Å². The lowest BCUT2D eigenvalue weighted by atomic mass is 10.2. The smallest absolute Gasteiger partial charge is 0.335 e. The summed E-state index contributed by atoms with van der Waals surface area (Å²) in [5, 5.41) is 17.9. The van der Waals surface area contributed by atoms with Crippen LogP contribution in [0.25, 0.3) is 0 Å². The number of carboxylic acid groups (broad SMARTS) is 2. The Morgan fingerprint density at radius 2 is 1.50 bits per heavy atom. The van der Waals surface area contributed by atoms with Gasteiger partial charge in [-0.05, 0) is 29.8 Å². The molecule has 0 atom stereocenters. The molecule has 0 saturated heterocycles. The maximum atomic E-state index is 12.7. The molecule has 2 rings (SSSR count). The fraction of sp³-hybridized carbons (Fsp3) is 0.125. The highest BCUT2D eigenvalue weighted by Gasteiger charge is 2.27. The third-order valence-corrected chi connectivity index (χ3v) is 5.06. The zero-order valence-electron chi connectivity index (χ0n) is 12.5. The van der Waals surface area contributed by atoms with Crippen molar-refractivity contribution in [3.63, 3.8) is 0 Å². The Bertz CT molecular complexity index is 831. The van der Waals surface area contributed by atoms with Crippen LogP contribution in [0.4, 0.5) is 0 Å². The van der Waals surface area contributed by atoms with Crippen LogP contribution in [0.2, 0.25) is 0 Å². The minimum atomic E-state index is -4.08. The zero-order valence-corrected chi connectivity index (χ0v) is 13.3. The quantitative estimate of drug-likeness (QED) is 0.786. The van der Waals surface area contributed by atoms with Gasteiger partial charge in [0.25, 0.3) is 0 Å². The van der Waals surface area contributed by atoms with Gasteiger partial charge in [0, 0.05) is 6.54 Å². The van der Waals surface area contributed by atoms with Crippen LogP contribution in [0.1, 0.15) is 15.9 Å². The molecule has 0 unspecified atom stereocenters. The summed E-state index contributed by atoms with van der Waals surface area (Å²) in [6, 6.07) is 13.2. The van der Waals surface area contributed by atoms with Crippen molar-refractivity contribution in [1.29, 1.82) is 0 Å². The van der Waals surface area contributed by atoms with E-state index in [1.807, 2.05) is 0 Å². The molecule has 0 spiro atoms. The average Bonchev–Trinajstić information content (AvgIpc) is 2.55. The Hall–Kier alpha value is -2.71. The number of rotatable bonds is 7. The first kappa shape index (κ1) is 17.6. The summed E-state index contributed by atoms with van der Waals surface area (Å²) in [5.41, 5.74) is 0.589. The van der Waals surface area contributed by atoms with Crippen molar-refractivity contribution < 1.29 is 28.2 Å². The topological polar surface area (TPSA) is 112 Å². The van der Waals surface area contributed by atoms with E-state index >= 15 is 0 Å². The van der Waals surface area contributed by atoms with Gasteiger partial charge >= 0.3 is 11.9 Å². The molecule has 0 amide bonds. The second-order valence-corrected chi connectivity index (χ2v) is 6.92. The third-order valence-electron chi connectivity index (χ3n) is 3.25. The van der Waals surface area contributed by atoms with E-state index < -0.39 is 28.5 Å². The number of aromatic carboxylic acids is 1. The van der Waals surface area contributed by atoms with Gasteiger partial charge in [-0.2, -0.15) is 4.31 Å². The Labute approximate surface area is 138 Å². The number of carbonyl (C=O) groups is 2. The summed E-state index contributed by atoms with van der Waals surface area (Å²) >= 11 is 0. The molecular weight excluding hydrogens is 334 g/mol. The molecule has 0 aliphatic carbocycles. The van der Waals surface area contributed by atoms with E-state index in [1.54, 1.807) is 30.3 Å². The maximum absolute atomic E-state index is 12.7. The fourth-order valence-corrected chi connectivity index (χ4v) is 3.46. The maximum Gasteiger partial charge on any atom is 0.335 e. The van der Waals surface area contributed by atoms with Crippen LogP contribution >= 0.6 is 0 Å². The summed E-state index contributed by atoms with van der Waals surface area (Å²) in [6.07, 6.45) is 0. The van der Waals surface area contributed by atoms with Crippen molar-refractivity contribution in [2.24, 2.45) is 0 Å². The lowest BCUT2D eigenvalue weighted by Gasteiger charge is -2.20. The number of hydrogen-bond donors (Lipinski definition) is 2. The zero-order chi connectivity index (χ0) is 17.7. The molecule has 8 heteroatoms. The van der Waals surface area contributed by atoms with E-state index in [-0.39, 0.29) is 17.0 Å². The molecule has 0 aliphatic rings. The van der Waals surface area contributed by atoms with Gasteiger partial charge in [0.2, 0.25) is 10.0 Å². The second-order valence-electron chi connectivity index (χ2n) is 4.98. The molecular formula is C16H15NO6S. The number of benzene rings is 2. The second kappa shape index (κ2) is 7.24. The monoisotopic (exact) mass is 349 g/mol. The van der Waals surface area contributed by atoms with Gasteiger partial charge in [0.1, 0.15) is 6.54 Å². The molecule has 2 aromatic carbocycles. The van der Waals surface area contributed by atoms with Crippen molar-refractivity contribution in [1.82, 2.24) is 4.31 Å². The first-order valence-corrected chi connectivity index (χ1v) is 8.34. The average molecular weight is 349 g/mol. The Kier molecular flexibility index (Phi) is 5.32. The van der Waals surface area contributed by atoms with E-state index in [2.05, 4.69) is 0 Å². The molecule has 7 nitrogen and oxygen atoms in total. The number of sulfonamides is 1. The van der Waals surface area contributed by atoms with Gasteiger partial charge in [0.05, 0.1) is 10.5 Å². The Morgan fingerprint density at radius 1 is 0.917 bits per heavy atom. The van der Waals surface area contributed by atoms with E-state index in [0.29, 0.717) is 5.56 Å². The summed E-state index contributed by atoms with van der Waals surface area (Å²) in [7, 11) is -4.08. The highest BCUT2D eigenvalue weighted by Crippen LogP contribution is 2.19. The Balaban J connectivity index is 2.35. The minimum Gasteiger partial charge on any atom is -0.480 e. The number of hydrogen-bond acceptors (Lipinski definition) is 4. The predicted molar refractivity (Wildman–Crippen MR) is 85.1 cm³/mol. The van der Waals surface area contributed by atoms with E-state index in [1.165, 1.54) is 0 Å². The summed E-state index contributed by atoms with van der Waals surface area (Å²) in [4.78, 5) is 21.7. The van der Waals surface area contributed by atoms with Gasteiger partial charge in [-0.15, -0.1) is 0 Å². The molecule has 0 aliphatic heterocycles. The minimum absolute atomic E-state index is 0.0539. The lowest BCUT2D eigenvalue weighted by molar-refractivity contribution is -0.137. The molecule has 0 fully saturated rings. The lowest BCUT2D eigenvalue weighted by Crippen LogP contribution is -2.35. The van der Waals surface area contributed by atoms with Crippen LogP contribution in [-0.2, 0) is 21.4 Å². The summed E-state index contributed by atoms with van der Waals surface area (Å²) in [5.74, 6) is -2.46. The van der Waals surface area contributed by atoms with Crippen LogP contribution in [0.5, 0.6) is 0 Å². The van der Waals surface area contributed by atoms with Gasteiger partial charge in [0.15, 0.2) is 0 Å². The van der Waals surface area contributed by atoms with Crippen LogP contribution < -0.4 is 0 Å². The van der Waals surface area contributed by atoms with E-state index in [4.69, 9.17) is 10.2 Å². The Morgan fingerprint density at radius 3 is 2.00 bits per heavy atom. The van der Waals surface area contributed by atoms with Crippen LogP contribution in [0, 0.1) is 0 Å². The normalized spacial score (nSPS) is 11.4. The molecule has 0 bridgehead atoms. The highest BCUT2D eigenvalue weighted by atomic mass is 32.2. The SMILES string of the molecule is O=C(O)CN(Cc1ccccc1)S(=O)(=O)c1ccc(C(=O)O)cc1. The van der Waals surface area contributed by atoms with Crippen molar-refractivity contribution in [2.75, 3.05) is 6.54 Å². The number of carboxylic acids is 2. The fourth-order valence-electron chi connectivity index (χ4n) is 2.08. The molecule has 0 radical (unpaired) electrons.